The van der Waals surface area contributed by atoms with Crippen molar-refractivity contribution in [3.05, 3.63) is 34.9 Å². The second kappa shape index (κ2) is 5.11. The lowest BCUT2D eigenvalue weighted by molar-refractivity contribution is 0.102. The summed E-state index contributed by atoms with van der Waals surface area (Å²) in [7, 11) is -1.17. The summed E-state index contributed by atoms with van der Waals surface area (Å²) in [6.45, 7) is 5.57. The SMILES string of the molecule is CC(C)(C)S(=O)CC(=O)c1cccc(Cl)c1. The minimum absolute atomic E-state index is 0.0455. The van der Waals surface area contributed by atoms with Crippen LogP contribution in [0.15, 0.2) is 24.3 Å². The molecule has 0 N–H and O–H groups in total. The summed E-state index contributed by atoms with van der Waals surface area (Å²) in [6.07, 6.45) is 0. The smallest absolute Gasteiger partial charge is 0.175 e. The number of ketones is 1. The normalized spacial score (nSPS) is 13.5. The van der Waals surface area contributed by atoms with Crippen LogP contribution in [-0.2, 0) is 10.8 Å². The molecular weight excluding hydrogens is 244 g/mol. The van der Waals surface area contributed by atoms with E-state index in [4.69, 9.17) is 11.6 Å². The molecule has 0 spiro atoms. The van der Waals surface area contributed by atoms with Crippen molar-refractivity contribution in [3.63, 3.8) is 0 Å². The zero-order valence-corrected chi connectivity index (χ0v) is 11.2. The molecule has 1 aromatic carbocycles. The van der Waals surface area contributed by atoms with E-state index >= 15 is 0 Å². The predicted octanol–water partition coefficient (Wildman–Crippen LogP) is 3.07. The molecule has 0 aliphatic heterocycles. The average molecular weight is 259 g/mol. The largest absolute Gasteiger partial charge is 0.293 e. The molecule has 0 aliphatic carbocycles. The van der Waals surface area contributed by atoms with Crippen LogP contribution >= 0.6 is 11.6 Å². The molecule has 4 heteroatoms. The fraction of sp³-hybridized carbons (Fsp3) is 0.417. The Morgan fingerprint density at radius 2 is 2.00 bits per heavy atom. The van der Waals surface area contributed by atoms with Crippen molar-refractivity contribution in [2.24, 2.45) is 0 Å². The Morgan fingerprint density at radius 1 is 1.38 bits per heavy atom. The Labute approximate surface area is 103 Å². The van der Waals surface area contributed by atoms with E-state index in [9.17, 15) is 9.00 Å². The first-order valence-corrected chi connectivity index (χ1v) is 6.67. The monoisotopic (exact) mass is 258 g/mol. The van der Waals surface area contributed by atoms with Crippen LogP contribution in [-0.4, -0.2) is 20.5 Å². The summed E-state index contributed by atoms with van der Waals surface area (Å²) in [5.74, 6) is -0.0834. The fourth-order valence-corrected chi connectivity index (χ4v) is 2.11. The Bertz CT molecular complexity index is 421. The van der Waals surface area contributed by atoms with Crippen LogP contribution in [0.25, 0.3) is 0 Å². The number of carbonyl (C=O) groups is 1. The van der Waals surface area contributed by atoms with Crippen LogP contribution in [0.4, 0.5) is 0 Å². The number of hydrogen-bond acceptors (Lipinski definition) is 2. The third kappa shape index (κ3) is 3.72. The summed E-state index contributed by atoms with van der Waals surface area (Å²) < 4.78 is 11.4. The Balaban J connectivity index is 2.78. The fourth-order valence-electron chi connectivity index (χ4n) is 1.08. The third-order valence-corrected chi connectivity index (χ3v) is 4.22. The maximum atomic E-state index is 11.8. The van der Waals surface area contributed by atoms with Crippen molar-refractivity contribution in [2.75, 3.05) is 5.75 Å². The number of rotatable bonds is 3. The summed E-state index contributed by atoms with van der Waals surface area (Å²) in [4.78, 5) is 11.8. The molecule has 0 aromatic heterocycles. The molecule has 88 valence electrons. The van der Waals surface area contributed by atoms with Gasteiger partial charge in [-0.15, -0.1) is 0 Å². The van der Waals surface area contributed by atoms with Gasteiger partial charge < -0.3 is 0 Å². The van der Waals surface area contributed by atoms with Crippen molar-refractivity contribution < 1.29 is 9.00 Å². The topological polar surface area (TPSA) is 34.1 Å². The molecule has 0 saturated heterocycles. The van der Waals surface area contributed by atoms with Gasteiger partial charge in [-0.3, -0.25) is 9.00 Å². The van der Waals surface area contributed by atoms with Gasteiger partial charge in [-0.05, 0) is 32.9 Å². The number of halogens is 1. The maximum Gasteiger partial charge on any atom is 0.175 e. The van der Waals surface area contributed by atoms with Crippen LogP contribution < -0.4 is 0 Å². The molecule has 1 unspecified atom stereocenters. The highest BCUT2D eigenvalue weighted by Gasteiger charge is 2.22. The van der Waals surface area contributed by atoms with E-state index in [0.29, 0.717) is 10.6 Å². The quantitative estimate of drug-likeness (QED) is 0.781. The van der Waals surface area contributed by atoms with E-state index in [0.717, 1.165) is 0 Å². The second-order valence-corrected chi connectivity index (χ2v) is 7.18. The second-order valence-electron chi connectivity index (χ2n) is 4.54. The minimum atomic E-state index is -1.17. The lowest BCUT2D eigenvalue weighted by Crippen LogP contribution is -2.27. The molecule has 1 rings (SSSR count). The van der Waals surface area contributed by atoms with Crippen LogP contribution in [0, 0.1) is 0 Å². The van der Waals surface area contributed by atoms with Crippen molar-refractivity contribution >= 4 is 28.2 Å². The van der Waals surface area contributed by atoms with Crippen LogP contribution in [0.5, 0.6) is 0 Å². The molecule has 0 fully saturated rings. The highest BCUT2D eigenvalue weighted by atomic mass is 35.5. The first-order chi connectivity index (χ1) is 7.30. The summed E-state index contributed by atoms with van der Waals surface area (Å²) >= 11 is 5.79. The van der Waals surface area contributed by atoms with Gasteiger partial charge >= 0.3 is 0 Å². The Hall–Kier alpha value is -0.670. The van der Waals surface area contributed by atoms with Gasteiger partial charge in [0.05, 0.1) is 5.75 Å². The molecule has 16 heavy (non-hydrogen) atoms. The third-order valence-electron chi connectivity index (χ3n) is 2.09. The molecule has 0 aliphatic rings. The van der Waals surface area contributed by atoms with Gasteiger partial charge in [0.25, 0.3) is 0 Å². The molecule has 2 nitrogen and oxygen atoms in total. The highest BCUT2D eigenvalue weighted by molar-refractivity contribution is 7.87. The van der Waals surface area contributed by atoms with Gasteiger partial charge in [0.1, 0.15) is 0 Å². The molecule has 0 heterocycles. The zero-order valence-electron chi connectivity index (χ0n) is 9.62. The lowest BCUT2D eigenvalue weighted by atomic mass is 10.1. The van der Waals surface area contributed by atoms with Gasteiger partial charge in [-0.2, -0.15) is 0 Å². The van der Waals surface area contributed by atoms with Gasteiger partial charge in [0.2, 0.25) is 0 Å². The van der Waals surface area contributed by atoms with Crippen LogP contribution in [0.3, 0.4) is 0 Å². The minimum Gasteiger partial charge on any atom is -0.293 e. The lowest BCUT2D eigenvalue weighted by Gasteiger charge is -2.16. The molecule has 0 radical (unpaired) electrons. The van der Waals surface area contributed by atoms with Crippen molar-refractivity contribution in [1.29, 1.82) is 0 Å². The van der Waals surface area contributed by atoms with E-state index in [2.05, 4.69) is 0 Å². The molecule has 0 saturated carbocycles. The summed E-state index contributed by atoms with van der Waals surface area (Å²) in [6, 6.07) is 6.71. The van der Waals surface area contributed by atoms with Crippen molar-refractivity contribution in [3.8, 4) is 0 Å². The van der Waals surface area contributed by atoms with E-state index in [1.165, 1.54) is 0 Å². The molecule has 0 bridgehead atoms. The first kappa shape index (κ1) is 13.4. The molecule has 0 amide bonds. The van der Waals surface area contributed by atoms with Crippen LogP contribution in [0.2, 0.25) is 5.02 Å². The van der Waals surface area contributed by atoms with Crippen molar-refractivity contribution in [2.45, 2.75) is 25.5 Å². The first-order valence-electron chi connectivity index (χ1n) is 4.98. The van der Waals surface area contributed by atoms with Crippen molar-refractivity contribution in [1.82, 2.24) is 0 Å². The average Bonchev–Trinajstić information content (AvgIpc) is 2.16. The van der Waals surface area contributed by atoms with Gasteiger partial charge in [-0.1, -0.05) is 23.7 Å². The van der Waals surface area contributed by atoms with E-state index in [1.807, 2.05) is 20.8 Å². The van der Waals surface area contributed by atoms with Gasteiger partial charge in [-0.25, -0.2) is 0 Å². The maximum absolute atomic E-state index is 11.8. The van der Waals surface area contributed by atoms with Gasteiger partial charge in [0.15, 0.2) is 5.78 Å². The number of carbonyl (C=O) groups excluding carboxylic acids is 1. The van der Waals surface area contributed by atoms with E-state index < -0.39 is 10.8 Å². The Morgan fingerprint density at radius 3 is 2.50 bits per heavy atom. The zero-order chi connectivity index (χ0) is 12.3. The summed E-state index contributed by atoms with van der Waals surface area (Å²) in [5.41, 5.74) is 0.519. The van der Waals surface area contributed by atoms with E-state index in [1.54, 1.807) is 24.3 Å². The van der Waals surface area contributed by atoms with Gasteiger partial charge in [0, 0.05) is 26.1 Å². The van der Waals surface area contributed by atoms with Crippen LogP contribution in [0.1, 0.15) is 31.1 Å². The summed E-state index contributed by atoms with van der Waals surface area (Å²) in [5, 5.41) is 0.521. The molecule has 1 atom stereocenters. The van der Waals surface area contributed by atoms with E-state index in [-0.39, 0.29) is 16.3 Å². The highest BCUT2D eigenvalue weighted by Crippen LogP contribution is 2.15. The number of benzene rings is 1. The number of hydrogen-bond donors (Lipinski definition) is 0. The number of Topliss-reactive ketones (excluding diaryl/α,β-unsaturated/α-hetero) is 1. The predicted molar refractivity (Wildman–Crippen MR) is 68.5 cm³/mol. The molecular formula is C12H15ClO2S. The standard InChI is InChI=1S/C12H15ClO2S/c1-12(2,3)16(15)8-11(14)9-5-4-6-10(13)7-9/h4-7H,8H2,1-3H3. The molecule has 1 aromatic rings. The Kier molecular flexibility index (Phi) is 4.28.